The average Bonchev–Trinajstić information content (AvgIpc) is 2.80. The fraction of sp³-hybridized carbons (Fsp3) is 0.375. The molecule has 1 aromatic heterocycles. The minimum Gasteiger partial charge on any atom is -0.366 e. The quantitative estimate of drug-likeness (QED) is 0.586. The lowest BCUT2D eigenvalue weighted by Crippen LogP contribution is -2.26. The van der Waals surface area contributed by atoms with Gasteiger partial charge in [-0.1, -0.05) is 0 Å². The summed E-state index contributed by atoms with van der Waals surface area (Å²) in [5.74, 6) is 0. The second kappa shape index (κ2) is 4.59. The van der Waals surface area contributed by atoms with E-state index in [2.05, 4.69) is 20.4 Å². The maximum Gasteiger partial charge on any atom is 0.200 e. The summed E-state index contributed by atoms with van der Waals surface area (Å²) in [7, 11) is 2.02. The van der Waals surface area contributed by atoms with E-state index in [9.17, 15) is 0 Å². The molecule has 0 radical (unpaired) electrons. The number of nitrogens with zero attached hydrogens (tertiary/aromatic N) is 5. The third kappa shape index (κ3) is 2.27. The molecule has 0 bridgehead atoms. The second-order valence-corrected chi connectivity index (χ2v) is 4.80. The van der Waals surface area contributed by atoms with Crippen LogP contribution in [0.1, 0.15) is 0 Å². The molecule has 0 aromatic carbocycles. The molecule has 15 heavy (non-hydrogen) atoms. The Morgan fingerprint density at radius 2 is 2.60 bits per heavy atom. The van der Waals surface area contributed by atoms with Crippen LogP contribution in [0.15, 0.2) is 23.1 Å². The number of thiocyanates is 1. The Balaban J connectivity index is 2.04. The average molecular weight is 239 g/mol. The van der Waals surface area contributed by atoms with E-state index in [1.807, 2.05) is 18.6 Å². The van der Waals surface area contributed by atoms with Crippen molar-refractivity contribution in [2.24, 2.45) is 0 Å². The van der Waals surface area contributed by atoms with Crippen molar-refractivity contribution < 1.29 is 0 Å². The van der Waals surface area contributed by atoms with Gasteiger partial charge in [0.15, 0.2) is 0 Å². The minimum absolute atomic E-state index is 0.338. The number of aromatic nitrogens is 3. The van der Waals surface area contributed by atoms with Crippen LogP contribution in [0.25, 0.3) is 0 Å². The van der Waals surface area contributed by atoms with Crippen LogP contribution in [-0.4, -0.2) is 32.1 Å². The van der Waals surface area contributed by atoms with Gasteiger partial charge in [-0.05, 0) is 5.41 Å². The van der Waals surface area contributed by atoms with Crippen LogP contribution in [-0.2, 0) is 6.54 Å². The lowest BCUT2D eigenvalue weighted by Gasteiger charge is -2.19. The summed E-state index contributed by atoms with van der Waals surface area (Å²) in [6.45, 7) is 0.734. The Hall–Kier alpha value is -1.13. The summed E-state index contributed by atoms with van der Waals surface area (Å²) in [5, 5.41) is 17.7. The largest absolute Gasteiger partial charge is 0.366 e. The molecule has 78 valence electrons. The van der Waals surface area contributed by atoms with Gasteiger partial charge in [0.1, 0.15) is 11.7 Å². The van der Waals surface area contributed by atoms with E-state index in [0.29, 0.717) is 10.5 Å². The molecule has 0 saturated heterocycles. The molecule has 1 aliphatic heterocycles. The van der Waals surface area contributed by atoms with E-state index in [1.165, 1.54) is 6.33 Å². The van der Waals surface area contributed by atoms with Gasteiger partial charge < -0.3 is 4.90 Å². The van der Waals surface area contributed by atoms with Crippen molar-refractivity contribution in [3.63, 3.8) is 0 Å². The summed E-state index contributed by atoms with van der Waals surface area (Å²) in [4.78, 5) is 6.14. The van der Waals surface area contributed by atoms with Gasteiger partial charge in [-0.15, -0.1) is 11.8 Å². The Morgan fingerprint density at radius 1 is 1.73 bits per heavy atom. The maximum atomic E-state index is 8.58. The predicted molar refractivity (Wildman–Crippen MR) is 59.8 cm³/mol. The first-order valence-electron chi connectivity index (χ1n) is 4.29. The molecule has 0 spiro atoms. The molecule has 1 aliphatic rings. The Morgan fingerprint density at radius 3 is 3.27 bits per heavy atom. The van der Waals surface area contributed by atoms with Crippen molar-refractivity contribution in [3.8, 4) is 5.40 Å². The fourth-order valence-electron chi connectivity index (χ4n) is 1.23. The highest BCUT2D eigenvalue weighted by molar-refractivity contribution is 8.03. The number of hydrogen-bond donors (Lipinski definition) is 0. The standard InChI is InChI=1S/C8H9N5S2/c1-12-2-3-14-7(12)4-13-8(15-5-9)10-6-11-13/h2-3,6-7H,4H2,1H3. The van der Waals surface area contributed by atoms with Crippen molar-refractivity contribution in [1.29, 1.82) is 5.26 Å². The molecular formula is C8H9N5S2. The lowest BCUT2D eigenvalue weighted by atomic mass is 10.5. The van der Waals surface area contributed by atoms with E-state index in [1.54, 1.807) is 16.4 Å². The topological polar surface area (TPSA) is 57.7 Å². The van der Waals surface area contributed by atoms with E-state index in [0.717, 1.165) is 18.3 Å². The van der Waals surface area contributed by atoms with Gasteiger partial charge in [-0.3, -0.25) is 0 Å². The van der Waals surface area contributed by atoms with Gasteiger partial charge in [-0.2, -0.15) is 10.4 Å². The third-order valence-electron chi connectivity index (χ3n) is 2.03. The fourth-order valence-corrected chi connectivity index (χ4v) is 2.57. The highest BCUT2D eigenvalue weighted by atomic mass is 32.2. The van der Waals surface area contributed by atoms with Crippen LogP contribution in [0, 0.1) is 10.7 Å². The zero-order valence-corrected chi connectivity index (χ0v) is 9.70. The first-order valence-corrected chi connectivity index (χ1v) is 6.05. The highest BCUT2D eigenvalue weighted by Crippen LogP contribution is 2.25. The van der Waals surface area contributed by atoms with Crippen LogP contribution in [0.3, 0.4) is 0 Å². The zero-order valence-electron chi connectivity index (χ0n) is 8.07. The molecule has 2 heterocycles. The normalized spacial score (nSPS) is 19.5. The van der Waals surface area contributed by atoms with Gasteiger partial charge in [0.2, 0.25) is 5.16 Å². The summed E-state index contributed by atoms with van der Waals surface area (Å²) >= 11 is 2.78. The third-order valence-corrected chi connectivity index (χ3v) is 3.70. The van der Waals surface area contributed by atoms with Crippen LogP contribution >= 0.6 is 23.5 Å². The van der Waals surface area contributed by atoms with Crippen LogP contribution in [0.2, 0.25) is 0 Å². The Kier molecular flexibility index (Phi) is 3.18. The van der Waals surface area contributed by atoms with Crippen LogP contribution < -0.4 is 0 Å². The van der Waals surface area contributed by atoms with Gasteiger partial charge in [0, 0.05) is 25.0 Å². The summed E-state index contributed by atoms with van der Waals surface area (Å²) in [6.07, 6.45) is 3.51. The Bertz CT molecular complexity index is 407. The minimum atomic E-state index is 0.338. The van der Waals surface area contributed by atoms with Crippen LogP contribution in [0.5, 0.6) is 0 Å². The van der Waals surface area contributed by atoms with Gasteiger partial charge in [-0.25, -0.2) is 9.67 Å². The predicted octanol–water partition coefficient (Wildman–Crippen LogP) is 1.33. The number of thioether (sulfide) groups is 2. The molecule has 1 unspecified atom stereocenters. The number of nitriles is 1. The van der Waals surface area contributed by atoms with Gasteiger partial charge in [0.05, 0.1) is 11.9 Å². The van der Waals surface area contributed by atoms with E-state index in [4.69, 9.17) is 5.26 Å². The molecule has 2 rings (SSSR count). The van der Waals surface area contributed by atoms with Crippen molar-refractivity contribution in [2.45, 2.75) is 17.1 Å². The molecule has 7 heteroatoms. The summed E-state index contributed by atoms with van der Waals surface area (Å²) in [6, 6.07) is 0. The monoisotopic (exact) mass is 239 g/mol. The van der Waals surface area contributed by atoms with E-state index >= 15 is 0 Å². The van der Waals surface area contributed by atoms with Gasteiger partial charge >= 0.3 is 0 Å². The molecule has 0 amide bonds. The molecule has 0 fully saturated rings. The zero-order chi connectivity index (χ0) is 10.7. The SMILES string of the molecule is CN1C=CSC1Cn1ncnc1SC#N. The summed E-state index contributed by atoms with van der Waals surface area (Å²) in [5.41, 5.74) is 0. The van der Waals surface area contributed by atoms with Crippen molar-refractivity contribution in [2.75, 3.05) is 7.05 Å². The van der Waals surface area contributed by atoms with Crippen molar-refractivity contribution in [3.05, 3.63) is 17.9 Å². The van der Waals surface area contributed by atoms with Crippen molar-refractivity contribution >= 4 is 23.5 Å². The summed E-state index contributed by atoms with van der Waals surface area (Å²) < 4.78 is 1.76. The van der Waals surface area contributed by atoms with E-state index in [-0.39, 0.29) is 0 Å². The molecule has 0 saturated carbocycles. The molecule has 5 nitrogen and oxygen atoms in total. The number of rotatable bonds is 3. The van der Waals surface area contributed by atoms with E-state index < -0.39 is 0 Å². The van der Waals surface area contributed by atoms with Crippen LogP contribution in [0.4, 0.5) is 0 Å². The molecule has 0 aliphatic carbocycles. The Labute approximate surface area is 96.2 Å². The first-order chi connectivity index (χ1) is 7.31. The van der Waals surface area contributed by atoms with Gasteiger partial charge in [0.25, 0.3) is 0 Å². The van der Waals surface area contributed by atoms with Crippen molar-refractivity contribution in [1.82, 2.24) is 19.7 Å². The highest BCUT2D eigenvalue weighted by Gasteiger charge is 2.18. The second-order valence-electron chi connectivity index (χ2n) is 2.96. The number of hydrogen-bond acceptors (Lipinski definition) is 6. The molecule has 0 N–H and O–H groups in total. The smallest absolute Gasteiger partial charge is 0.200 e. The first kappa shape index (κ1) is 10.4. The maximum absolute atomic E-state index is 8.58. The molecule has 1 aromatic rings. The molecule has 1 atom stereocenters. The number of likely N-dealkylation sites (N-methyl/N-ethyl adjacent to an activating group) is 1. The lowest BCUT2D eigenvalue weighted by molar-refractivity contribution is 0.372. The molecular weight excluding hydrogens is 230 g/mol.